The van der Waals surface area contributed by atoms with E-state index in [0.717, 1.165) is 45.4 Å². The lowest BCUT2D eigenvalue weighted by Crippen LogP contribution is -2.72. The van der Waals surface area contributed by atoms with Gasteiger partial charge in [0.25, 0.3) is 0 Å². The van der Waals surface area contributed by atoms with Crippen LogP contribution in [-0.2, 0) is 33.2 Å². The molecule has 0 radical (unpaired) electrons. The Labute approximate surface area is 342 Å². The van der Waals surface area contributed by atoms with E-state index in [4.69, 9.17) is 28.4 Å². The average Bonchev–Trinajstić information content (AvgIpc) is 3.44. The number of aliphatic hydroxyl groups is 7. The standard InChI is InChI=1S/C44H70O14/c1-22-30(49)35(58-36-32(51)31(50)34(55-23(2)47)24(19-45)56-36)33(52)37(54-22)57-29-11-12-39(5)25(40(29,6)20-46)9-13-41(7)26(39)10-14-44-27-17-38(3,4)15-16-43(27,21-53-44)28(48)18-42(41,44)8/h10,14,22,24-37,45-46,48-52H,9,11-13,15-21H2,1-8H3/t22-,24-,25-,26-,27-,28-,29+,30+,31-,32-,33-,34-,35+,36+,37+,39+,40+,41-,42+,43?,44?/m1/s1. The molecule has 3 heterocycles. The molecule has 8 rings (SSSR count). The summed E-state index contributed by atoms with van der Waals surface area (Å²) >= 11 is 0. The minimum absolute atomic E-state index is 0.0264. The highest BCUT2D eigenvalue weighted by Crippen LogP contribution is 2.79. The summed E-state index contributed by atoms with van der Waals surface area (Å²) in [5.74, 6) is -0.331. The monoisotopic (exact) mass is 822 g/mol. The normalized spacial score (nSPS) is 57.1. The van der Waals surface area contributed by atoms with Gasteiger partial charge >= 0.3 is 5.97 Å². The number of rotatable bonds is 7. The smallest absolute Gasteiger partial charge is 0.303 e. The predicted octanol–water partition coefficient (Wildman–Crippen LogP) is 2.35. The molecule has 1 spiro atoms. The summed E-state index contributed by atoms with van der Waals surface area (Å²) in [4.78, 5) is 11.6. The number of hydrogen-bond acceptors (Lipinski definition) is 14. The van der Waals surface area contributed by atoms with Crippen LogP contribution in [0.15, 0.2) is 12.2 Å². The molecule has 8 aliphatic rings. The van der Waals surface area contributed by atoms with Gasteiger partial charge in [0.2, 0.25) is 0 Å². The molecule has 14 nitrogen and oxygen atoms in total. The Morgan fingerprint density at radius 3 is 2.17 bits per heavy atom. The molecule has 3 saturated heterocycles. The van der Waals surface area contributed by atoms with Gasteiger partial charge in [-0.15, -0.1) is 0 Å². The van der Waals surface area contributed by atoms with Gasteiger partial charge in [-0.3, -0.25) is 4.79 Å². The molecule has 0 amide bonds. The number of esters is 1. The van der Waals surface area contributed by atoms with E-state index in [1.165, 1.54) is 0 Å². The molecular formula is C44H70O14. The third-order valence-electron chi connectivity index (χ3n) is 18.2. The minimum Gasteiger partial charge on any atom is -0.457 e. The van der Waals surface area contributed by atoms with Crippen LogP contribution in [0.2, 0.25) is 0 Å². The lowest BCUT2D eigenvalue weighted by molar-refractivity contribution is -0.367. The molecule has 0 aromatic rings. The molecule has 2 unspecified atom stereocenters. The van der Waals surface area contributed by atoms with Crippen LogP contribution in [0.1, 0.15) is 107 Å². The van der Waals surface area contributed by atoms with Crippen molar-refractivity contribution >= 4 is 5.97 Å². The summed E-state index contributed by atoms with van der Waals surface area (Å²) in [7, 11) is 0. The summed E-state index contributed by atoms with van der Waals surface area (Å²) in [6, 6.07) is 0. The lowest BCUT2D eigenvalue weighted by atomic mass is 9.32. The molecule has 58 heavy (non-hydrogen) atoms. The van der Waals surface area contributed by atoms with Crippen molar-refractivity contribution in [2.75, 3.05) is 19.8 Å². The molecule has 0 aromatic heterocycles. The van der Waals surface area contributed by atoms with Crippen LogP contribution in [-0.4, -0.2) is 141 Å². The molecule has 4 saturated carbocycles. The SMILES string of the molecule is CC(=O)O[C@H]1[C@H](O)[C@@H](O)[C@H](O[C@H]2[C@@H](O)[C@@H](C)O[C@@H](O[C@H]3CC[C@@]4(C)[C@@H](CC[C@]5(C)[C@@H]4C=CC46OCC7(CCC(C)(C)C[C@H]74)[C@H](O)C[C@]65C)[C@]3(C)CO)[C@@H]2O)O[C@@H]1CO. The van der Waals surface area contributed by atoms with Crippen molar-refractivity contribution in [3.8, 4) is 0 Å². The van der Waals surface area contributed by atoms with E-state index in [0.29, 0.717) is 19.4 Å². The van der Waals surface area contributed by atoms with E-state index >= 15 is 0 Å². The Hall–Kier alpha value is -1.27. The third kappa shape index (κ3) is 5.89. The van der Waals surface area contributed by atoms with Crippen molar-refractivity contribution in [3.05, 3.63) is 12.2 Å². The van der Waals surface area contributed by atoms with E-state index in [9.17, 15) is 40.5 Å². The zero-order valence-corrected chi connectivity index (χ0v) is 35.6. The average molecular weight is 823 g/mol. The Morgan fingerprint density at radius 1 is 0.793 bits per heavy atom. The molecule has 2 bridgehead atoms. The van der Waals surface area contributed by atoms with Crippen molar-refractivity contribution in [1.82, 2.24) is 0 Å². The van der Waals surface area contributed by atoms with Crippen LogP contribution < -0.4 is 0 Å². The topological polar surface area (TPSA) is 214 Å². The van der Waals surface area contributed by atoms with Gasteiger partial charge in [0.15, 0.2) is 18.7 Å². The number of ether oxygens (including phenoxy) is 6. The first kappa shape index (κ1) is 43.4. The number of hydrogen-bond donors (Lipinski definition) is 7. The van der Waals surface area contributed by atoms with E-state index in [2.05, 4.69) is 53.7 Å². The highest BCUT2D eigenvalue weighted by Gasteiger charge is 2.79. The molecule has 330 valence electrons. The van der Waals surface area contributed by atoms with Crippen LogP contribution in [0.25, 0.3) is 0 Å². The number of allylic oxidation sites excluding steroid dienone is 1. The zero-order valence-electron chi connectivity index (χ0n) is 35.6. The Balaban J connectivity index is 1.03. The summed E-state index contributed by atoms with van der Waals surface area (Å²) in [5, 5.41) is 78.0. The molecular weight excluding hydrogens is 752 g/mol. The molecule has 7 fully saturated rings. The van der Waals surface area contributed by atoms with Gasteiger partial charge in [0.05, 0.1) is 43.7 Å². The van der Waals surface area contributed by atoms with Crippen LogP contribution >= 0.6 is 0 Å². The second-order valence-electron chi connectivity index (χ2n) is 21.5. The van der Waals surface area contributed by atoms with E-state index in [1.807, 2.05) is 0 Å². The van der Waals surface area contributed by atoms with Crippen molar-refractivity contribution in [1.29, 1.82) is 0 Å². The fraction of sp³-hybridized carbons (Fsp3) is 0.932. The largest absolute Gasteiger partial charge is 0.457 e. The molecule has 0 aromatic carbocycles. The fourth-order valence-corrected chi connectivity index (χ4v) is 14.6. The van der Waals surface area contributed by atoms with Gasteiger partial charge in [-0.2, -0.15) is 0 Å². The summed E-state index contributed by atoms with van der Waals surface area (Å²) in [6.07, 6.45) is -3.51. The second-order valence-corrected chi connectivity index (χ2v) is 21.5. The van der Waals surface area contributed by atoms with Crippen LogP contribution in [0.3, 0.4) is 0 Å². The quantitative estimate of drug-likeness (QED) is 0.112. The Bertz CT molecular complexity index is 1610. The van der Waals surface area contributed by atoms with E-state index in [-0.39, 0.29) is 51.4 Å². The van der Waals surface area contributed by atoms with Crippen LogP contribution in [0, 0.1) is 50.2 Å². The first-order valence-electron chi connectivity index (χ1n) is 21.8. The Morgan fingerprint density at radius 2 is 1.50 bits per heavy atom. The lowest BCUT2D eigenvalue weighted by Gasteiger charge is -2.73. The summed E-state index contributed by atoms with van der Waals surface area (Å²) < 4.78 is 36.6. The molecule has 21 atom stereocenters. The van der Waals surface area contributed by atoms with Crippen molar-refractivity contribution in [3.63, 3.8) is 0 Å². The maximum absolute atomic E-state index is 12.2. The number of carbonyl (C=O) groups is 1. The number of carbonyl (C=O) groups excluding carboxylic acids is 1. The van der Waals surface area contributed by atoms with Crippen molar-refractivity contribution in [2.45, 2.75) is 186 Å². The second kappa shape index (κ2) is 14.4. The first-order chi connectivity index (χ1) is 27.1. The van der Waals surface area contributed by atoms with Gasteiger partial charge < -0.3 is 64.2 Å². The maximum Gasteiger partial charge on any atom is 0.303 e. The minimum atomic E-state index is -1.75. The van der Waals surface area contributed by atoms with Crippen molar-refractivity contribution < 1.29 is 69.0 Å². The summed E-state index contributed by atoms with van der Waals surface area (Å²) in [6.45, 7) is 16.5. The van der Waals surface area contributed by atoms with Gasteiger partial charge in [-0.1, -0.05) is 53.7 Å². The molecule has 3 aliphatic heterocycles. The number of fused-ring (bicyclic) bond motifs is 4. The molecule has 7 N–H and O–H groups in total. The van der Waals surface area contributed by atoms with Gasteiger partial charge in [-0.05, 0) is 86.4 Å². The fourth-order valence-electron chi connectivity index (χ4n) is 14.6. The highest BCUT2D eigenvalue weighted by molar-refractivity contribution is 5.66. The molecule has 5 aliphatic carbocycles. The third-order valence-corrected chi connectivity index (χ3v) is 18.2. The first-order valence-corrected chi connectivity index (χ1v) is 21.8. The van der Waals surface area contributed by atoms with E-state index in [1.54, 1.807) is 6.92 Å². The Kier molecular flexibility index (Phi) is 10.8. The van der Waals surface area contributed by atoms with Gasteiger partial charge in [0, 0.05) is 29.1 Å². The van der Waals surface area contributed by atoms with Crippen LogP contribution in [0.5, 0.6) is 0 Å². The summed E-state index contributed by atoms with van der Waals surface area (Å²) in [5.41, 5.74) is -1.98. The van der Waals surface area contributed by atoms with Crippen molar-refractivity contribution in [2.24, 2.45) is 50.2 Å². The van der Waals surface area contributed by atoms with E-state index < -0.39 is 97.2 Å². The molecule has 14 heteroatoms. The number of aliphatic hydroxyl groups excluding tert-OH is 7. The zero-order chi connectivity index (χ0) is 42.2. The highest BCUT2D eigenvalue weighted by atomic mass is 16.7. The van der Waals surface area contributed by atoms with Crippen LogP contribution in [0.4, 0.5) is 0 Å². The van der Waals surface area contributed by atoms with Gasteiger partial charge in [-0.25, -0.2) is 0 Å². The predicted molar refractivity (Wildman–Crippen MR) is 206 cm³/mol. The maximum atomic E-state index is 12.2. The van der Waals surface area contributed by atoms with Gasteiger partial charge in [0.1, 0.15) is 36.6 Å².